The van der Waals surface area contributed by atoms with Crippen molar-refractivity contribution in [2.24, 2.45) is 5.41 Å². The molecule has 0 aliphatic rings. The molecule has 1 aromatic carbocycles. The van der Waals surface area contributed by atoms with Crippen molar-refractivity contribution in [3.63, 3.8) is 0 Å². The molecule has 0 radical (unpaired) electrons. The van der Waals surface area contributed by atoms with Gasteiger partial charge < -0.3 is 14.8 Å². The third-order valence-electron chi connectivity index (χ3n) is 3.71. The molecule has 0 saturated carbocycles. The summed E-state index contributed by atoms with van der Waals surface area (Å²) in [5.41, 5.74) is 2.76. The molecular weight excluding hydrogens is 266 g/mol. The van der Waals surface area contributed by atoms with E-state index in [2.05, 4.69) is 5.32 Å². The fraction of sp³-hybridized carbons (Fsp3) is 0.471. The first-order chi connectivity index (χ1) is 9.91. The zero-order valence-electron chi connectivity index (χ0n) is 12.9. The van der Waals surface area contributed by atoms with Gasteiger partial charge in [0.25, 0.3) is 0 Å². The van der Waals surface area contributed by atoms with Gasteiger partial charge in [-0.15, -0.1) is 0 Å². The lowest BCUT2D eigenvalue weighted by atomic mass is 9.89. The Balaban J connectivity index is 1.99. The Labute approximate surface area is 125 Å². The smallest absolute Gasteiger partial charge is 0.224 e. The van der Waals surface area contributed by atoms with E-state index in [0.717, 1.165) is 22.1 Å². The maximum atomic E-state index is 12.1. The van der Waals surface area contributed by atoms with Gasteiger partial charge in [-0.3, -0.25) is 4.79 Å². The maximum absolute atomic E-state index is 12.1. The summed E-state index contributed by atoms with van der Waals surface area (Å²) in [6, 6.07) is 5.98. The van der Waals surface area contributed by atoms with Crippen molar-refractivity contribution in [2.75, 3.05) is 13.2 Å². The molecule has 4 nitrogen and oxygen atoms in total. The Morgan fingerprint density at radius 2 is 2.14 bits per heavy atom. The number of carbonyl (C=O) groups excluding carboxylic acids is 1. The van der Waals surface area contributed by atoms with Gasteiger partial charge in [0.05, 0.1) is 12.7 Å². The lowest BCUT2D eigenvalue weighted by Gasteiger charge is -2.23. The number of hydrogen-bond donors (Lipinski definition) is 2. The number of hydrogen-bond acceptors (Lipinski definition) is 3. The Bertz CT molecular complexity index is 628. The molecule has 2 N–H and O–H groups in total. The zero-order chi connectivity index (χ0) is 15.5. The lowest BCUT2D eigenvalue weighted by Crippen LogP contribution is -2.35. The van der Waals surface area contributed by atoms with Crippen LogP contribution in [0.25, 0.3) is 11.0 Å². The predicted molar refractivity (Wildman–Crippen MR) is 83.1 cm³/mol. The second-order valence-corrected chi connectivity index (χ2v) is 6.35. The average Bonchev–Trinajstić information content (AvgIpc) is 2.79. The molecule has 2 rings (SSSR count). The summed E-state index contributed by atoms with van der Waals surface area (Å²) in [5.74, 6) is -0.0238. The molecule has 0 saturated heterocycles. The molecule has 0 fully saturated rings. The third kappa shape index (κ3) is 4.08. The Morgan fingerprint density at radius 3 is 2.86 bits per heavy atom. The van der Waals surface area contributed by atoms with Crippen LogP contribution in [0.5, 0.6) is 0 Å². The fourth-order valence-corrected chi connectivity index (χ4v) is 2.29. The van der Waals surface area contributed by atoms with Gasteiger partial charge in [0.1, 0.15) is 5.58 Å². The number of furan rings is 1. The van der Waals surface area contributed by atoms with Gasteiger partial charge in [0.15, 0.2) is 0 Å². The van der Waals surface area contributed by atoms with Crippen LogP contribution in [0.3, 0.4) is 0 Å². The summed E-state index contributed by atoms with van der Waals surface area (Å²) in [7, 11) is 0. The molecule has 2 aromatic rings. The molecule has 1 heterocycles. The number of benzene rings is 1. The number of carbonyl (C=O) groups is 1. The van der Waals surface area contributed by atoms with Crippen molar-refractivity contribution in [2.45, 2.75) is 33.6 Å². The van der Waals surface area contributed by atoms with E-state index >= 15 is 0 Å². The molecule has 0 aliphatic heterocycles. The Morgan fingerprint density at radius 1 is 1.38 bits per heavy atom. The highest BCUT2D eigenvalue weighted by atomic mass is 16.3. The van der Waals surface area contributed by atoms with Crippen LogP contribution < -0.4 is 5.32 Å². The third-order valence-corrected chi connectivity index (χ3v) is 3.71. The van der Waals surface area contributed by atoms with E-state index in [4.69, 9.17) is 9.52 Å². The van der Waals surface area contributed by atoms with Crippen molar-refractivity contribution in [3.05, 3.63) is 35.6 Å². The van der Waals surface area contributed by atoms with E-state index in [1.807, 2.05) is 39.0 Å². The van der Waals surface area contributed by atoms with Crippen LogP contribution in [0.15, 0.2) is 28.9 Å². The molecule has 114 valence electrons. The SMILES string of the molecule is Cc1ccc2c(CC(=O)NCC(C)(C)CCO)coc2c1. The highest BCUT2D eigenvalue weighted by molar-refractivity contribution is 5.87. The second kappa shape index (κ2) is 6.31. The van der Waals surface area contributed by atoms with Crippen LogP contribution in [-0.4, -0.2) is 24.2 Å². The monoisotopic (exact) mass is 289 g/mol. The Hall–Kier alpha value is -1.81. The number of amides is 1. The normalized spacial score (nSPS) is 11.8. The van der Waals surface area contributed by atoms with Gasteiger partial charge in [-0.05, 0) is 30.4 Å². The van der Waals surface area contributed by atoms with Crippen molar-refractivity contribution >= 4 is 16.9 Å². The van der Waals surface area contributed by atoms with Gasteiger partial charge in [0, 0.05) is 24.1 Å². The molecule has 0 spiro atoms. The minimum atomic E-state index is -0.0972. The molecule has 0 bridgehead atoms. The van der Waals surface area contributed by atoms with E-state index < -0.39 is 0 Å². The van der Waals surface area contributed by atoms with Crippen molar-refractivity contribution in [1.82, 2.24) is 5.32 Å². The van der Waals surface area contributed by atoms with Crippen molar-refractivity contribution < 1.29 is 14.3 Å². The first-order valence-corrected chi connectivity index (χ1v) is 7.25. The highest BCUT2D eigenvalue weighted by Crippen LogP contribution is 2.23. The number of aliphatic hydroxyl groups excluding tert-OH is 1. The van der Waals surface area contributed by atoms with E-state index in [1.165, 1.54) is 0 Å². The largest absolute Gasteiger partial charge is 0.464 e. The molecule has 21 heavy (non-hydrogen) atoms. The first-order valence-electron chi connectivity index (χ1n) is 7.25. The van der Waals surface area contributed by atoms with Crippen LogP contribution in [0, 0.1) is 12.3 Å². The summed E-state index contributed by atoms with van der Waals surface area (Å²) < 4.78 is 5.50. The molecule has 0 unspecified atom stereocenters. The summed E-state index contributed by atoms with van der Waals surface area (Å²) in [6.07, 6.45) is 2.63. The number of nitrogens with one attached hydrogen (secondary N) is 1. The number of aryl methyl sites for hydroxylation is 1. The second-order valence-electron chi connectivity index (χ2n) is 6.35. The van der Waals surface area contributed by atoms with E-state index in [1.54, 1.807) is 6.26 Å². The van der Waals surface area contributed by atoms with Crippen LogP contribution in [0.2, 0.25) is 0 Å². The highest BCUT2D eigenvalue weighted by Gasteiger charge is 2.18. The molecule has 1 aromatic heterocycles. The van der Waals surface area contributed by atoms with Gasteiger partial charge in [-0.2, -0.15) is 0 Å². The minimum Gasteiger partial charge on any atom is -0.464 e. The van der Waals surface area contributed by atoms with E-state index in [9.17, 15) is 4.79 Å². The number of rotatable bonds is 6. The molecule has 1 amide bonds. The minimum absolute atomic E-state index is 0.0238. The summed E-state index contributed by atoms with van der Waals surface area (Å²) in [5, 5.41) is 12.9. The van der Waals surface area contributed by atoms with Crippen molar-refractivity contribution in [3.8, 4) is 0 Å². The molecule has 0 aliphatic carbocycles. The number of fused-ring (bicyclic) bond motifs is 1. The summed E-state index contributed by atoms with van der Waals surface area (Å²) in [4.78, 5) is 12.1. The zero-order valence-corrected chi connectivity index (χ0v) is 12.9. The van der Waals surface area contributed by atoms with Crippen LogP contribution in [0.1, 0.15) is 31.4 Å². The van der Waals surface area contributed by atoms with Crippen molar-refractivity contribution in [1.29, 1.82) is 0 Å². The van der Waals surface area contributed by atoms with Gasteiger partial charge >= 0.3 is 0 Å². The van der Waals surface area contributed by atoms with Crippen LogP contribution in [-0.2, 0) is 11.2 Å². The van der Waals surface area contributed by atoms with E-state index in [-0.39, 0.29) is 17.9 Å². The van der Waals surface area contributed by atoms with Gasteiger partial charge in [0.2, 0.25) is 5.91 Å². The van der Waals surface area contributed by atoms with Gasteiger partial charge in [-0.25, -0.2) is 0 Å². The maximum Gasteiger partial charge on any atom is 0.224 e. The topological polar surface area (TPSA) is 62.5 Å². The fourth-order valence-electron chi connectivity index (χ4n) is 2.29. The molecule has 4 heteroatoms. The number of aliphatic hydroxyl groups is 1. The molecule has 0 atom stereocenters. The van der Waals surface area contributed by atoms with Crippen LogP contribution in [0.4, 0.5) is 0 Å². The first kappa shape index (κ1) is 15.6. The lowest BCUT2D eigenvalue weighted by molar-refractivity contribution is -0.120. The van der Waals surface area contributed by atoms with E-state index in [0.29, 0.717) is 19.4 Å². The quantitative estimate of drug-likeness (QED) is 0.859. The Kier molecular flexibility index (Phi) is 4.68. The summed E-state index contributed by atoms with van der Waals surface area (Å²) >= 11 is 0. The van der Waals surface area contributed by atoms with Crippen LogP contribution >= 0.6 is 0 Å². The summed E-state index contributed by atoms with van der Waals surface area (Å²) in [6.45, 7) is 6.76. The predicted octanol–water partition coefficient (Wildman–Crippen LogP) is 2.81. The standard InChI is InChI=1S/C17H23NO3/c1-12-4-5-14-13(10-21-15(14)8-12)9-16(20)18-11-17(2,3)6-7-19/h4-5,8,10,19H,6-7,9,11H2,1-3H3,(H,18,20). The average molecular weight is 289 g/mol. The van der Waals surface area contributed by atoms with Gasteiger partial charge in [-0.1, -0.05) is 26.0 Å². The molecular formula is C17H23NO3.